The summed E-state index contributed by atoms with van der Waals surface area (Å²) >= 11 is 6.06. The van der Waals surface area contributed by atoms with Crippen LogP contribution in [-0.2, 0) is 0 Å². The molecule has 6 nitrogen and oxygen atoms in total. The normalized spacial score (nSPS) is 24.2. The van der Waals surface area contributed by atoms with E-state index in [2.05, 4.69) is 5.32 Å². The molecule has 2 amide bonds. The lowest BCUT2D eigenvalue weighted by Gasteiger charge is -2.50. The summed E-state index contributed by atoms with van der Waals surface area (Å²) in [5, 5.41) is 12.7. The molecule has 2 aliphatic heterocycles. The second kappa shape index (κ2) is 5.39. The average molecular weight is 359 g/mol. The van der Waals surface area contributed by atoms with Crippen LogP contribution in [0, 0.1) is 0 Å². The molecule has 0 saturated carbocycles. The van der Waals surface area contributed by atoms with Gasteiger partial charge in [0.15, 0.2) is 5.72 Å². The number of nitrogens with zero attached hydrogens (tertiary/aromatic N) is 1. The number of carboxylic acids is 1. The molecule has 0 aliphatic carbocycles. The predicted molar refractivity (Wildman–Crippen MR) is 92.3 cm³/mol. The Kier molecular flexibility index (Phi) is 3.40. The fourth-order valence-corrected chi connectivity index (χ4v) is 3.69. The number of urea groups is 1. The van der Waals surface area contributed by atoms with Gasteiger partial charge >= 0.3 is 12.0 Å². The van der Waals surface area contributed by atoms with E-state index in [-0.39, 0.29) is 17.6 Å². The Morgan fingerprint density at radius 1 is 1.36 bits per heavy atom. The minimum Gasteiger partial charge on any atom is -0.478 e. The number of rotatable bonds is 2. The van der Waals surface area contributed by atoms with Gasteiger partial charge in [-0.25, -0.2) is 9.59 Å². The van der Waals surface area contributed by atoms with E-state index in [0.29, 0.717) is 22.9 Å². The molecule has 2 aromatic carbocycles. The van der Waals surface area contributed by atoms with E-state index >= 15 is 0 Å². The number of hydrogen-bond acceptors (Lipinski definition) is 3. The summed E-state index contributed by atoms with van der Waals surface area (Å²) in [4.78, 5) is 25.5. The number of nitrogens with one attached hydrogen (secondary N) is 1. The van der Waals surface area contributed by atoms with Gasteiger partial charge in [-0.15, -0.1) is 0 Å². The lowest BCUT2D eigenvalue weighted by atomic mass is 9.90. The van der Waals surface area contributed by atoms with E-state index in [1.165, 1.54) is 17.0 Å². The molecule has 2 aromatic rings. The molecule has 1 saturated heterocycles. The number of hydrogen-bond donors (Lipinski definition) is 2. The van der Waals surface area contributed by atoms with Crippen LogP contribution in [0.5, 0.6) is 5.75 Å². The second-order valence-electron chi connectivity index (χ2n) is 6.36. The first-order valence-corrected chi connectivity index (χ1v) is 8.18. The molecule has 0 aromatic heterocycles. The molecule has 128 valence electrons. The summed E-state index contributed by atoms with van der Waals surface area (Å²) in [5.41, 5.74) is 0.498. The van der Waals surface area contributed by atoms with E-state index in [1.807, 2.05) is 6.92 Å². The number of ether oxygens (including phenoxy) is 1. The summed E-state index contributed by atoms with van der Waals surface area (Å²) in [6, 6.07) is 11.0. The molecule has 2 unspecified atom stereocenters. The van der Waals surface area contributed by atoms with E-state index in [9.17, 15) is 14.7 Å². The Bertz CT molecular complexity index is 900. The van der Waals surface area contributed by atoms with Crippen LogP contribution >= 0.6 is 11.6 Å². The minimum atomic E-state index is -1.05. The highest BCUT2D eigenvalue weighted by Gasteiger charge is 2.49. The number of carboxylic acid groups (broad SMARTS) is 1. The van der Waals surface area contributed by atoms with Crippen molar-refractivity contribution < 1.29 is 19.4 Å². The molecule has 4 rings (SSSR count). The molecule has 2 aliphatic rings. The van der Waals surface area contributed by atoms with Crippen molar-refractivity contribution in [2.24, 2.45) is 0 Å². The Balaban J connectivity index is 1.79. The van der Waals surface area contributed by atoms with E-state index in [4.69, 9.17) is 16.3 Å². The van der Waals surface area contributed by atoms with Gasteiger partial charge in [-0.1, -0.05) is 17.7 Å². The summed E-state index contributed by atoms with van der Waals surface area (Å²) in [6.07, 6.45) is 0.517. The van der Waals surface area contributed by atoms with Crippen LogP contribution in [0.2, 0.25) is 5.02 Å². The maximum atomic E-state index is 12.7. The highest BCUT2D eigenvalue weighted by Crippen LogP contribution is 2.46. The van der Waals surface area contributed by atoms with Crippen LogP contribution in [0.3, 0.4) is 0 Å². The maximum absolute atomic E-state index is 12.7. The molecule has 0 radical (unpaired) electrons. The number of carbonyl (C=O) groups is 2. The highest BCUT2D eigenvalue weighted by atomic mass is 35.5. The Morgan fingerprint density at radius 3 is 2.92 bits per heavy atom. The number of carbonyl (C=O) groups excluding carboxylic acids is 1. The van der Waals surface area contributed by atoms with Gasteiger partial charge in [0, 0.05) is 17.0 Å². The first kappa shape index (κ1) is 15.8. The monoisotopic (exact) mass is 358 g/mol. The summed E-state index contributed by atoms with van der Waals surface area (Å²) in [6.45, 7) is 1.82. The number of amides is 2. The van der Waals surface area contributed by atoms with Gasteiger partial charge in [-0.3, -0.25) is 4.90 Å². The van der Waals surface area contributed by atoms with Crippen molar-refractivity contribution in [3.8, 4) is 5.75 Å². The molecule has 2 bridgehead atoms. The van der Waals surface area contributed by atoms with Crippen LogP contribution in [-0.4, -0.2) is 22.8 Å². The van der Waals surface area contributed by atoms with Crippen molar-refractivity contribution in [3.63, 3.8) is 0 Å². The van der Waals surface area contributed by atoms with Crippen LogP contribution in [0.25, 0.3) is 0 Å². The van der Waals surface area contributed by atoms with Gasteiger partial charge in [-0.2, -0.15) is 0 Å². The molecule has 2 N–H and O–H groups in total. The van der Waals surface area contributed by atoms with Gasteiger partial charge in [0.25, 0.3) is 0 Å². The zero-order valence-corrected chi connectivity index (χ0v) is 14.1. The number of fused-ring (bicyclic) bond motifs is 4. The Hall–Kier alpha value is -2.73. The first-order valence-electron chi connectivity index (χ1n) is 7.80. The quantitative estimate of drug-likeness (QED) is 0.855. The van der Waals surface area contributed by atoms with Crippen LogP contribution < -0.4 is 15.0 Å². The van der Waals surface area contributed by atoms with Crippen molar-refractivity contribution in [2.45, 2.75) is 25.1 Å². The molecule has 7 heteroatoms. The standard InChI is InChI=1S/C18H15ClN2O4/c1-18-9-14(13-8-11(19)5-6-15(13)25-18)20-17(24)21(18)12-4-2-3-10(7-12)16(22)23/h2-8,14H,9H2,1H3,(H,20,24)(H,22,23). The van der Waals surface area contributed by atoms with Crippen molar-refractivity contribution in [2.75, 3.05) is 4.90 Å². The Morgan fingerprint density at radius 2 is 2.16 bits per heavy atom. The Labute approximate surface area is 149 Å². The summed E-state index contributed by atoms with van der Waals surface area (Å²) in [7, 11) is 0. The van der Waals surface area contributed by atoms with Crippen molar-refractivity contribution in [1.82, 2.24) is 5.32 Å². The van der Waals surface area contributed by atoms with Crippen LogP contribution in [0.4, 0.5) is 10.5 Å². The predicted octanol–water partition coefficient (Wildman–Crippen LogP) is 3.81. The topological polar surface area (TPSA) is 78.9 Å². The first-order chi connectivity index (χ1) is 11.9. The fraction of sp³-hybridized carbons (Fsp3) is 0.222. The highest BCUT2D eigenvalue weighted by molar-refractivity contribution is 6.30. The zero-order chi connectivity index (χ0) is 17.8. The lowest BCUT2D eigenvalue weighted by molar-refractivity contribution is 0.0378. The van der Waals surface area contributed by atoms with Gasteiger partial charge in [0.1, 0.15) is 5.75 Å². The number of halogens is 1. The molecule has 2 atom stereocenters. The summed E-state index contributed by atoms with van der Waals surface area (Å²) in [5.74, 6) is -0.394. The van der Waals surface area contributed by atoms with Gasteiger partial charge in [0.05, 0.1) is 17.3 Å². The van der Waals surface area contributed by atoms with Gasteiger partial charge < -0.3 is 15.2 Å². The largest absolute Gasteiger partial charge is 0.478 e. The van der Waals surface area contributed by atoms with Crippen molar-refractivity contribution in [3.05, 3.63) is 58.6 Å². The third-order valence-corrected chi connectivity index (χ3v) is 4.82. The molecular formula is C18H15ClN2O4. The molecule has 0 spiro atoms. The molecular weight excluding hydrogens is 344 g/mol. The fourth-order valence-electron chi connectivity index (χ4n) is 3.51. The zero-order valence-electron chi connectivity index (χ0n) is 13.3. The molecule has 2 heterocycles. The maximum Gasteiger partial charge on any atom is 0.335 e. The SMILES string of the molecule is CC12CC(NC(=O)N1c1cccc(C(=O)O)c1)c1cc(Cl)ccc1O2. The molecule has 1 fully saturated rings. The lowest BCUT2D eigenvalue weighted by Crippen LogP contribution is -2.65. The van der Waals surface area contributed by atoms with Crippen molar-refractivity contribution in [1.29, 1.82) is 0 Å². The third kappa shape index (κ3) is 2.49. The third-order valence-electron chi connectivity index (χ3n) is 4.59. The van der Waals surface area contributed by atoms with Crippen LogP contribution in [0.1, 0.15) is 35.3 Å². The van der Waals surface area contributed by atoms with Crippen molar-refractivity contribution >= 4 is 29.3 Å². The second-order valence-corrected chi connectivity index (χ2v) is 6.79. The smallest absolute Gasteiger partial charge is 0.335 e. The number of benzene rings is 2. The van der Waals surface area contributed by atoms with E-state index < -0.39 is 11.7 Å². The van der Waals surface area contributed by atoms with E-state index in [0.717, 1.165) is 5.56 Å². The van der Waals surface area contributed by atoms with E-state index in [1.54, 1.807) is 30.3 Å². The number of anilines is 1. The average Bonchev–Trinajstić information content (AvgIpc) is 2.55. The molecule has 25 heavy (non-hydrogen) atoms. The summed E-state index contributed by atoms with van der Waals surface area (Å²) < 4.78 is 6.14. The van der Waals surface area contributed by atoms with Crippen LogP contribution in [0.15, 0.2) is 42.5 Å². The number of aromatic carboxylic acids is 1. The van der Waals surface area contributed by atoms with Gasteiger partial charge in [-0.05, 0) is 43.3 Å². The minimum absolute atomic E-state index is 0.110. The van der Waals surface area contributed by atoms with Gasteiger partial charge in [0.2, 0.25) is 0 Å².